The summed E-state index contributed by atoms with van der Waals surface area (Å²) in [4.78, 5) is 13.4. The van der Waals surface area contributed by atoms with E-state index >= 15 is 0 Å². The zero-order valence-electron chi connectivity index (χ0n) is 16.8. The lowest BCUT2D eigenvalue weighted by Crippen LogP contribution is -1.96. The van der Waals surface area contributed by atoms with Gasteiger partial charge in [-0.15, -0.1) is 0 Å². The van der Waals surface area contributed by atoms with Gasteiger partial charge in [-0.05, 0) is 24.3 Å². The summed E-state index contributed by atoms with van der Waals surface area (Å²) < 4.78 is 41.2. The van der Waals surface area contributed by atoms with Crippen LogP contribution in [0, 0.1) is 0 Å². The summed E-state index contributed by atoms with van der Waals surface area (Å²) in [6.07, 6.45) is 1.59. The second kappa shape index (κ2) is 5.89. The number of nitrogens with zero attached hydrogens (tertiary/aromatic N) is 3. The summed E-state index contributed by atoms with van der Waals surface area (Å²) in [5.41, 5.74) is 1.39. The summed E-state index contributed by atoms with van der Waals surface area (Å²) in [6.45, 7) is 0. The Morgan fingerprint density at radius 2 is 1.78 bits per heavy atom. The van der Waals surface area contributed by atoms with Crippen LogP contribution in [0.5, 0.6) is 0 Å². The van der Waals surface area contributed by atoms with Gasteiger partial charge in [-0.25, -0.2) is 15.0 Å². The minimum absolute atomic E-state index is 0.0302. The highest BCUT2D eigenvalue weighted by atomic mass is 79.9. The standard InChI is InChI=1S/C19H12BrN3/c20-15-9-4-8-14(12-15)18-22-17(13-6-2-1-3-7-13)16-10-5-11-21-19(16)23-18/h1-12H/i1D,2D,3D,6D,7D. The van der Waals surface area contributed by atoms with Crippen molar-refractivity contribution in [1.29, 1.82) is 0 Å². The van der Waals surface area contributed by atoms with Gasteiger partial charge in [0.15, 0.2) is 11.5 Å². The molecule has 0 N–H and O–H groups in total. The minimum atomic E-state index is -0.442. The van der Waals surface area contributed by atoms with Gasteiger partial charge < -0.3 is 0 Å². The zero-order chi connectivity index (χ0) is 20.0. The van der Waals surface area contributed by atoms with Crippen LogP contribution in [0.2, 0.25) is 0 Å². The van der Waals surface area contributed by atoms with Crippen molar-refractivity contribution in [2.75, 3.05) is 0 Å². The zero-order valence-corrected chi connectivity index (χ0v) is 13.3. The molecule has 110 valence electrons. The fourth-order valence-electron chi connectivity index (χ4n) is 2.28. The van der Waals surface area contributed by atoms with E-state index in [0.717, 1.165) is 10.0 Å². The van der Waals surface area contributed by atoms with E-state index in [9.17, 15) is 0 Å². The highest BCUT2D eigenvalue weighted by Crippen LogP contribution is 2.28. The van der Waals surface area contributed by atoms with Crippen LogP contribution in [0.3, 0.4) is 0 Å². The lowest BCUT2D eigenvalue weighted by molar-refractivity contribution is 1.19. The third-order valence-corrected chi connectivity index (χ3v) is 3.78. The van der Waals surface area contributed by atoms with Crippen LogP contribution >= 0.6 is 15.9 Å². The largest absolute Gasteiger partial charge is 0.236 e. The highest BCUT2D eigenvalue weighted by Gasteiger charge is 2.11. The van der Waals surface area contributed by atoms with Crippen LogP contribution in [0.15, 0.2) is 77.3 Å². The molecule has 4 rings (SSSR count). The smallest absolute Gasteiger partial charge is 0.163 e. The number of pyridine rings is 1. The van der Waals surface area contributed by atoms with Crippen molar-refractivity contribution in [2.24, 2.45) is 0 Å². The van der Waals surface area contributed by atoms with Gasteiger partial charge in [0, 0.05) is 27.2 Å². The number of halogens is 1. The molecule has 0 fully saturated rings. The van der Waals surface area contributed by atoms with Gasteiger partial charge in [0.2, 0.25) is 0 Å². The quantitative estimate of drug-likeness (QED) is 0.494. The van der Waals surface area contributed by atoms with Crippen molar-refractivity contribution in [1.82, 2.24) is 15.0 Å². The third kappa shape index (κ3) is 2.73. The van der Waals surface area contributed by atoms with Gasteiger partial charge in [0.25, 0.3) is 0 Å². The topological polar surface area (TPSA) is 38.7 Å². The van der Waals surface area contributed by atoms with Crippen molar-refractivity contribution < 1.29 is 6.85 Å². The molecule has 3 nitrogen and oxygen atoms in total. The second-order valence-electron chi connectivity index (χ2n) is 4.78. The van der Waals surface area contributed by atoms with E-state index in [2.05, 4.69) is 30.9 Å². The van der Waals surface area contributed by atoms with Crippen LogP contribution in [0.1, 0.15) is 6.85 Å². The molecule has 0 saturated carbocycles. The molecule has 23 heavy (non-hydrogen) atoms. The molecule has 0 atom stereocenters. The number of hydrogen-bond donors (Lipinski definition) is 0. The molecule has 4 heteroatoms. The molecule has 4 aromatic rings. The van der Waals surface area contributed by atoms with Crippen LogP contribution in [0.4, 0.5) is 0 Å². The van der Waals surface area contributed by atoms with Crippen molar-refractivity contribution in [3.63, 3.8) is 0 Å². The van der Waals surface area contributed by atoms with Gasteiger partial charge in [-0.3, -0.25) is 0 Å². The van der Waals surface area contributed by atoms with Crippen LogP contribution in [0.25, 0.3) is 33.7 Å². The molecule has 0 saturated heterocycles. The lowest BCUT2D eigenvalue weighted by Gasteiger charge is -2.08. The maximum Gasteiger partial charge on any atom is 0.163 e. The first-order valence-corrected chi connectivity index (χ1v) is 7.63. The molecule has 2 heterocycles. The van der Waals surface area contributed by atoms with E-state index < -0.39 is 18.1 Å². The molecule has 0 spiro atoms. The number of rotatable bonds is 2. The average Bonchev–Trinajstić information content (AvgIpc) is 2.70. The lowest BCUT2D eigenvalue weighted by atomic mass is 10.1. The Morgan fingerprint density at radius 3 is 2.61 bits per heavy atom. The fourth-order valence-corrected chi connectivity index (χ4v) is 2.68. The van der Waals surface area contributed by atoms with Gasteiger partial charge in [0.1, 0.15) is 0 Å². The maximum atomic E-state index is 8.30. The Bertz CT molecular complexity index is 1220. The molecular formula is C19H12BrN3. The molecule has 2 aromatic carbocycles. The maximum absolute atomic E-state index is 8.30. The Hall–Kier alpha value is -2.59. The number of benzene rings is 2. The van der Waals surface area contributed by atoms with Crippen LogP contribution in [-0.4, -0.2) is 15.0 Å². The molecule has 0 amide bonds. The molecule has 0 aliphatic carbocycles. The number of fused-ring (bicyclic) bond motifs is 1. The predicted octanol–water partition coefficient (Wildman–Crippen LogP) is 5.12. The van der Waals surface area contributed by atoms with Gasteiger partial charge in [0.05, 0.1) is 12.5 Å². The summed E-state index contributed by atoms with van der Waals surface area (Å²) in [5, 5.41) is 0.514. The summed E-state index contributed by atoms with van der Waals surface area (Å²) in [6, 6.07) is 8.94. The van der Waals surface area contributed by atoms with E-state index in [4.69, 9.17) is 6.85 Å². The van der Waals surface area contributed by atoms with E-state index in [1.54, 1.807) is 18.3 Å². The fraction of sp³-hybridized carbons (Fsp3) is 0. The van der Waals surface area contributed by atoms with Crippen molar-refractivity contribution in [3.05, 3.63) is 77.3 Å². The first-order valence-electron chi connectivity index (χ1n) is 9.34. The Labute approximate surface area is 149 Å². The number of hydrogen-bond acceptors (Lipinski definition) is 3. The molecule has 2 aromatic heterocycles. The van der Waals surface area contributed by atoms with Crippen molar-refractivity contribution in [2.45, 2.75) is 0 Å². The molecule has 0 aliphatic rings. The predicted molar refractivity (Wildman–Crippen MR) is 95.9 cm³/mol. The van der Waals surface area contributed by atoms with Crippen molar-refractivity contribution in [3.8, 4) is 22.6 Å². The molecule has 0 unspecified atom stereocenters. The molecular weight excluding hydrogens is 350 g/mol. The van der Waals surface area contributed by atoms with Gasteiger partial charge in [-0.1, -0.05) is 58.3 Å². The Morgan fingerprint density at radius 1 is 0.913 bits per heavy atom. The summed E-state index contributed by atoms with van der Waals surface area (Å²) in [7, 11) is 0. The van der Waals surface area contributed by atoms with E-state index in [0.29, 0.717) is 16.9 Å². The average molecular weight is 367 g/mol. The van der Waals surface area contributed by atoms with Crippen LogP contribution in [-0.2, 0) is 0 Å². The highest BCUT2D eigenvalue weighted by molar-refractivity contribution is 9.10. The van der Waals surface area contributed by atoms with E-state index in [1.807, 2.05) is 24.3 Å². The van der Waals surface area contributed by atoms with E-state index in [1.165, 1.54) is 0 Å². The van der Waals surface area contributed by atoms with Crippen LogP contribution < -0.4 is 0 Å². The Kier molecular flexibility index (Phi) is 2.44. The second-order valence-corrected chi connectivity index (χ2v) is 5.70. The Balaban J connectivity index is 2.11. The molecule has 0 radical (unpaired) electrons. The number of aromatic nitrogens is 3. The first-order chi connectivity index (χ1) is 13.4. The summed E-state index contributed by atoms with van der Waals surface area (Å²) in [5.74, 6) is 0.356. The SMILES string of the molecule is [2H]c1c([2H])c([2H])c(-c2nc(-c3cccc(Br)c3)nc3ncccc23)c([2H])c1[2H]. The molecule has 0 bridgehead atoms. The minimum Gasteiger partial charge on any atom is -0.236 e. The van der Waals surface area contributed by atoms with Gasteiger partial charge >= 0.3 is 0 Å². The van der Waals surface area contributed by atoms with Crippen molar-refractivity contribution >= 4 is 27.0 Å². The monoisotopic (exact) mass is 366 g/mol. The first kappa shape index (κ1) is 9.53. The molecule has 0 aliphatic heterocycles. The van der Waals surface area contributed by atoms with E-state index in [-0.39, 0.29) is 23.3 Å². The third-order valence-electron chi connectivity index (χ3n) is 3.29. The van der Waals surface area contributed by atoms with Gasteiger partial charge in [-0.2, -0.15) is 0 Å². The normalized spacial score (nSPS) is 13.9. The summed E-state index contributed by atoms with van der Waals surface area (Å²) >= 11 is 3.42.